The van der Waals surface area contributed by atoms with Crippen LogP contribution in [-0.4, -0.2) is 39.2 Å². The van der Waals surface area contributed by atoms with Crippen LogP contribution in [0.2, 0.25) is 5.02 Å². The molecule has 23 heavy (non-hydrogen) atoms. The molecule has 1 amide bonds. The molecule has 0 spiro atoms. The SMILES string of the molecule is Cc1c(C(=O)N2CC[C@@H](N)C[C@@H]2C)cnn1-c1ccccc1Cl. The molecule has 6 heteroatoms. The number of nitrogens with zero attached hydrogens (tertiary/aromatic N) is 3. The Balaban J connectivity index is 1.90. The number of amides is 1. The number of rotatable bonds is 2. The van der Waals surface area contributed by atoms with E-state index in [-0.39, 0.29) is 18.0 Å². The van der Waals surface area contributed by atoms with Gasteiger partial charge in [-0.2, -0.15) is 5.10 Å². The van der Waals surface area contributed by atoms with E-state index in [1.54, 1.807) is 10.9 Å². The van der Waals surface area contributed by atoms with Crippen LogP contribution in [0.4, 0.5) is 0 Å². The number of hydrogen-bond donors (Lipinski definition) is 1. The van der Waals surface area contributed by atoms with E-state index in [1.807, 2.05) is 43.0 Å². The molecule has 1 aromatic heterocycles. The molecule has 2 atom stereocenters. The van der Waals surface area contributed by atoms with E-state index in [0.29, 0.717) is 17.1 Å². The summed E-state index contributed by atoms with van der Waals surface area (Å²) in [6.45, 7) is 4.63. The highest BCUT2D eigenvalue weighted by Crippen LogP contribution is 2.24. The van der Waals surface area contributed by atoms with Crippen molar-refractivity contribution in [3.05, 3.63) is 46.7 Å². The molecule has 1 fully saturated rings. The Morgan fingerprint density at radius 1 is 1.39 bits per heavy atom. The summed E-state index contributed by atoms with van der Waals surface area (Å²) in [4.78, 5) is 14.8. The molecule has 1 aromatic carbocycles. The van der Waals surface area contributed by atoms with Gasteiger partial charge in [0.1, 0.15) is 0 Å². The Kier molecular flexibility index (Phi) is 4.41. The summed E-state index contributed by atoms with van der Waals surface area (Å²) >= 11 is 6.24. The molecule has 122 valence electrons. The molecule has 1 saturated heterocycles. The zero-order valence-corrected chi connectivity index (χ0v) is 14.1. The van der Waals surface area contributed by atoms with Crippen LogP contribution < -0.4 is 5.73 Å². The van der Waals surface area contributed by atoms with Crippen LogP contribution in [0.3, 0.4) is 0 Å². The van der Waals surface area contributed by atoms with Crippen molar-refractivity contribution in [2.24, 2.45) is 5.73 Å². The summed E-state index contributed by atoms with van der Waals surface area (Å²) < 4.78 is 1.72. The van der Waals surface area contributed by atoms with Gasteiger partial charge in [0, 0.05) is 18.6 Å². The number of aromatic nitrogens is 2. The number of para-hydroxylation sites is 1. The van der Waals surface area contributed by atoms with Crippen LogP contribution in [0.5, 0.6) is 0 Å². The standard InChI is InChI=1S/C17H21ClN4O/c1-11-9-13(19)7-8-21(11)17(23)14-10-20-22(12(14)2)16-6-4-3-5-15(16)18/h3-6,10-11,13H,7-9,19H2,1-2H3/t11-,13+/m0/s1. The average Bonchev–Trinajstić information content (AvgIpc) is 2.89. The molecule has 0 aliphatic carbocycles. The first-order valence-electron chi connectivity index (χ1n) is 7.85. The summed E-state index contributed by atoms with van der Waals surface area (Å²) in [5.74, 6) is 0.0141. The molecule has 0 saturated carbocycles. The van der Waals surface area contributed by atoms with E-state index in [9.17, 15) is 4.79 Å². The van der Waals surface area contributed by atoms with Crippen LogP contribution >= 0.6 is 11.6 Å². The molecular weight excluding hydrogens is 312 g/mol. The summed E-state index contributed by atoms with van der Waals surface area (Å²) in [6.07, 6.45) is 3.31. The first kappa shape index (κ1) is 16.0. The second-order valence-corrected chi connectivity index (χ2v) is 6.55. The Morgan fingerprint density at radius 2 is 2.13 bits per heavy atom. The lowest BCUT2D eigenvalue weighted by Gasteiger charge is -2.36. The van der Waals surface area contributed by atoms with Crippen molar-refractivity contribution in [3.8, 4) is 5.69 Å². The van der Waals surface area contributed by atoms with E-state index < -0.39 is 0 Å². The van der Waals surface area contributed by atoms with E-state index in [4.69, 9.17) is 17.3 Å². The summed E-state index contributed by atoms with van der Waals surface area (Å²) in [6, 6.07) is 7.80. The highest BCUT2D eigenvalue weighted by atomic mass is 35.5. The van der Waals surface area contributed by atoms with Crippen molar-refractivity contribution in [2.45, 2.75) is 38.8 Å². The van der Waals surface area contributed by atoms with E-state index in [0.717, 1.165) is 24.2 Å². The fraction of sp³-hybridized carbons (Fsp3) is 0.412. The van der Waals surface area contributed by atoms with E-state index >= 15 is 0 Å². The van der Waals surface area contributed by atoms with Crippen LogP contribution in [0.25, 0.3) is 5.69 Å². The minimum Gasteiger partial charge on any atom is -0.336 e. The zero-order valence-electron chi connectivity index (χ0n) is 13.4. The minimum atomic E-state index is 0.0141. The second-order valence-electron chi connectivity index (χ2n) is 6.14. The Labute approximate surface area is 141 Å². The predicted molar refractivity (Wildman–Crippen MR) is 91.0 cm³/mol. The van der Waals surface area contributed by atoms with Gasteiger partial charge in [-0.25, -0.2) is 4.68 Å². The fourth-order valence-corrected chi connectivity index (χ4v) is 3.37. The number of nitrogens with two attached hydrogens (primary N) is 1. The third kappa shape index (κ3) is 2.99. The van der Waals surface area contributed by atoms with Crippen LogP contribution in [0.1, 0.15) is 35.8 Å². The van der Waals surface area contributed by atoms with Gasteiger partial charge in [0.25, 0.3) is 5.91 Å². The second kappa shape index (κ2) is 6.34. The molecular formula is C17H21ClN4O. The van der Waals surface area contributed by atoms with Gasteiger partial charge in [0.2, 0.25) is 0 Å². The van der Waals surface area contributed by atoms with Crippen molar-refractivity contribution < 1.29 is 4.79 Å². The number of piperidine rings is 1. The van der Waals surface area contributed by atoms with Crippen molar-refractivity contribution in [2.75, 3.05) is 6.54 Å². The maximum Gasteiger partial charge on any atom is 0.257 e. The molecule has 0 unspecified atom stereocenters. The topological polar surface area (TPSA) is 64.2 Å². The molecule has 2 aromatic rings. The number of benzene rings is 1. The third-order valence-electron chi connectivity index (χ3n) is 4.50. The van der Waals surface area contributed by atoms with Crippen molar-refractivity contribution in [1.82, 2.24) is 14.7 Å². The number of hydrogen-bond acceptors (Lipinski definition) is 3. The van der Waals surface area contributed by atoms with Gasteiger partial charge in [-0.15, -0.1) is 0 Å². The average molecular weight is 333 g/mol. The number of carbonyl (C=O) groups is 1. The Morgan fingerprint density at radius 3 is 2.83 bits per heavy atom. The molecule has 1 aliphatic rings. The first-order chi connectivity index (χ1) is 11.0. The lowest BCUT2D eigenvalue weighted by atomic mass is 9.98. The quantitative estimate of drug-likeness (QED) is 0.919. The smallest absolute Gasteiger partial charge is 0.257 e. The van der Waals surface area contributed by atoms with Gasteiger partial charge >= 0.3 is 0 Å². The lowest BCUT2D eigenvalue weighted by molar-refractivity contribution is 0.0618. The van der Waals surface area contributed by atoms with Gasteiger partial charge < -0.3 is 10.6 Å². The number of carbonyl (C=O) groups excluding carboxylic acids is 1. The lowest BCUT2D eigenvalue weighted by Crippen LogP contribution is -2.48. The van der Waals surface area contributed by atoms with Gasteiger partial charge in [-0.1, -0.05) is 23.7 Å². The van der Waals surface area contributed by atoms with E-state index in [1.165, 1.54) is 0 Å². The van der Waals surface area contributed by atoms with Gasteiger partial charge in [-0.05, 0) is 38.8 Å². The van der Waals surface area contributed by atoms with Crippen molar-refractivity contribution >= 4 is 17.5 Å². The maximum atomic E-state index is 12.9. The maximum absolute atomic E-state index is 12.9. The fourth-order valence-electron chi connectivity index (χ4n) is 3.15. The van der Waals surface area contributed by atoms with E-state index in [2.05, 4.69) is 5.10 Å². The summed E-state index contributed by atoms with van der Waals surface area (Å²) in [7, 11) is 0. The molecule has 0 radical (unpaired) electrons. The van der Waals surface area contributed by atoms with Crippen LogP contribution in [-0.2, 0) is 0 Å². The normalized spacial score (nSPS) is 21.5. The summed E-state index contributed by atoms with van der Waals surface area (Å²) in [5.41, 5.74) is 8.18. The predicted octanol–water partition coefficient (Wildman–Crippen LogP) is 2.79. The molecule has 2 N–H and O–H groups in total. The van der Waals surface area contributed by atoms with Gasteiger partial charge in [0.05, 0.1) is 28.2 Å². The third-order valence-corrected chi connectivity index (χ3v) is 4.82. The number of halogens is 1. The molecule has 1 aliphatic heterocycles. The summed E-state index contributed by atoms with van der Waals surface area (Å²) in [5, 5.41) is 4.97. The van der Waals surface area contributed by atoms with Crippen LogP contribution in [0, 0.1) is 6.92 Å². The number of likely N-dealkylation sites (tertiary alicyclic amines) is 1. The van der Waals surface area contributed by atoms with Crippen molar-refractivity contribution in [3.63, 3.8) is 0 Å². The van der Waals surface area contributed by atoms with Crippen LogP contribution in [0.15, 0.2) is 30.5 Å². The first-order valence-corrected chi connectivity index (χ1v) is 8.23. The Bertz CT molecular complexity index is 727. The van der Waals surface area contributed by atoms with Gasteiger partial charge in [0.15, 0.2) is 0 Å². The highest BCUT2D eigenvalue weighted by Gasteiger charge is 2.29. The largest absolute Gasteiger partial charge is 0.336 e. The molecule has 3 rings (SSSR count). The monoisotopic (exact) mass is 332 g/mol. The molecule has 2 heterocycles. The van der Waals surface area contributed by atoms with Crippen molar-refractivity contribution in [1.29, 1.82) is 0 Å². The Hall–Kier alpha value is -1.85. The molecule has 0 bridgehead atoms. The van der Waals surface area contributed by atoms with Gasteiger partial charge in [-0.3, -0.25) is 4.79 Å². The molecule has 5 nitrogen and oxygen atoms in total. The minimum absolute atomic E-state index is 0.0141. The highest BCUT2D eigenvalue weighted by molar-refractivity contribution is 6.32. The zero-order chi connectivity index (χ0) is 16.6.